The SMILES string of the molecule is COc1ccc(Cl)cc1NC(=S)Nc1ccc(S(N)(=O)=O)cc1. The van der Waals surface area contributed by atoms with Crippen molar-refractivity contribution < 1.29 is 13.2 Å². The third kappa shape index (κ3) is 4.80. The van der Waals surface area contributed by atoms with Crippen LogP contribution in [0.4, 0.5) is 11.4 Å². The molecule has 6 nitrogen and oxygen atoms in total. The maximum Gasteiger partial charge on any atom is 0.238 e. The van der Waals surface area contributed by atoms with Crippen molar-refractivity contribution in [2.24, 2.45) is 5.14 Å². The van der Waals surface area contributed by atoms with Gasteiger partial charge in [0.25, 0.3) is 0 Å². The molecular formula is C14H14ClN3O3S2. The third-order valence-corrected chi connectivity index (χ3v) is 4.22. The summed E-state index contributed by atoms with van der Waals surface area (Å²) < 4.78 is 27.6. The molecule has 0 fully saturated rings. The van der Waals surface area contributed by atoms with Crippen LogP contribution in [-0.2, 0) is 10.0 Å². The van der Waals surface area contributed by atoms with E-state index in [1.54, 1.807) is 30.3 Å². The number of anilines is 2. The number of hydrogen-bond donors (Lipinski definition) is 3. The highest BCUT2D eigenvalue weighted by Crippen LogP contribution is 2.27. The minimum Gasteiger partial charge on any atom is -0.495 e. The number of hydrogen-bond acceptors (Lipinski definition) is 4. The normalized spacial score (nSPS) is 10.9. The number of rotatable bonds is 4. The standard InChI is InChI=1S/C14H14ClN3O3S2/c1-21-13-7-2-9(15)8-12(13)18-14(22)17-10-3-5-11(6-4-10)23(16,19)20/h2-8H,1H3,(H2,16,19,20)(H2,17,18,22). The fourth-order valence-corrected chi connectivity index (χ4v) is 2.71. The molecule has 9 heteroatoms. The largest absolute Gasteiger partial charge is 0.495 e. The van der Waals surface area contributed by atoms with E-state index in [0.717, 1.165) is 0 Å². The average Bonchev–Trinajstić information content (AvgIpc) is 2.47. The Labute approximate surface area is 144 Å². The van der Waals surface area contributed by atoms with Crippen LogP contribution in [0, 0.1) is 0 Å². The van der Waals surface area contributed by atoms with Gasteiger partial charge >= 0.3 is 0 Å². The number of methoxy groups -OCH3 is 1. The molecule has 122 valence electrons. The Kier molecular flexibility index (Phi) is 5.42. The number of thiocarbonyl (C=S) groups is 1. The van der Waals surface area contributed by atoms with Crippen molar-refractivity contribution in [1.29, 1.82) is 0 Å². The predicted molar refractivity (Wildman–Crippen MR) is 95.7 cm³/mol. The molecule has 0 atom stereocenters. The number of primary sulfonamides is 1. The van der Waals surface area contributed by atoms with Gasteiger partial charge in [-0.3, -0.25) is 0 Å². The minimum absolute atomic E-state index is 0.0263. The fraction of sp³-hybridized carbons (Fsp3) is 0.0714. The highest BCUT2D eigenvalue weighted by atomic mass is 35.5. The summed E-state index contributed by atoms with van der Waals surface area (Å²) in [5.41, 5.74) is 1.22. The first-order chi connectivity index (χ1) is 10.8. The van der Waals surface area contributed by atoms with Gasteiger partial charge in [-0.25, -0.2) is 13.6 Å². The molecule has 0 aliphatic rings. The highest BCUT2D eigenvalue weighted by Gasteiger charge is 2.08. The third-order valence-electron chi connectivity index (χ3n) is 2.85. The van der Waals surface area contributed by atoms with Crippen LogP contribution >= 0.6 is 23.8 Å². The molecule has 0 radical (unpaired) electrons. The van der Waals surface area contributed by atoms with Crippen LogP contribution in [0.3, 0.4) is 0 Å². The van der Waals surface area contributed by atoms with Crippen molar-refractivity contribution in [2.45, 2.75) is 4.90 Å². The smallest absolute Gasteiger partial charge is 0.238 e. The molecule has 23 heavy (non-hydrogen) atoms. The second-order valence-electron chi connectivity index (χ2n) is 4.49. The molecule has 0 saturated carbocycles. The van der Waals surface area contributed by atoms with Crippen molar-refractivity contribution in [3.8, 4) is 5.75 Å². The maximum atomic E-state index is 11.2. The number of nitrogens with one attached hydrogen (secondary N) is 2. The minimum atomic E-state index is -3.72. The van der Waals surface area contributed by atoms with Crippen molar-refractivity contribution in [3.05, 3.63) is 47.5 Å². The summed E-state index contributed by atoms with van der Waals surface area (Å²) in [5.74, 6) is 0.586. The lowest BCUT2D eigenvalue weighted by molar-refractivity contribution is 0.417. The van der Waals surface area contributed by atoms with Crippen LogP contribution < -0.4 is 20.5 Å². The Hall–Kier alpha value is -1.87. The summed E-state index contributed by atoms with van der Waals surface area (Å²) >= 11 is 11.2. The summed E-state index contributed by atoms with van der Waals surface area (Å²) in [7, 11) is -2.18. The van der Waals surface area contributed by atoms with Gasteiger partial charge in [0.1, 0.15) is 5.75 Å². The number of ether oxygens (including phenoxy) is 1. The van der Waals surface area contributed by atoms with Gasteiger partial charge in [-0.2, -0.15) is 0 Å². The summed E-state index contributed by atoms with van der Waals surface area (Å²) in [4.78, 5) is 0.0263. The lowest BCUT2D eigenvalue weighted by atomic mass is 10.3. The summed E-state index contributed by atoms with van der Waals surface area (Å²) in [6.07, 6.45) is 0. The molecule has 0 amide bonds. The first-order valence-corrected chi connectivity index (χ1v) is 8.67. The van der Waals surface area contributed by atoms with Gasteiger partial charge in [-0.1, -0.05) is 11.6 Å². The van der Waals surface area contributed by atoms with E-state index in [1.807, 2.05) is 0 Å². The van der Waals surface area contributed by atoms with E-state index in [4.69, 9.17) is 33.7 Å². The Bertz CT molecular complexity index is 824. The Balaban J connectivity index is 2.10. The lowest BCUT2D eigenvalue weighted by Gasteiger charge is -2.14. The molecule has 0 saturated heterocycles. The molecule has 0 bridgehead atoms. The van der Waals surface area contributed by atoms with Crippen LogP contribution in [-0.4, -0.2) is 20.6 Å². The summed E-state index contributed by atoms with van der Waals surface area (Å²) in [6, 6.07) is 11.0. The van der Waals surface area contributed by atoms with Crippen molar-refractivity contribution in [3.63, 3.8) is 0 Å². The van der Waals surface area contributed by atoms with E-state index in [0.29, 0.717) is 27.3 Å². The van der Waals surface area contributed by atoms with Crippen molar-refractivity contribution in [1.82, 2.24) is 0 Å². The van der Waals surface area contributed by atoms with Gasteiger partial charge in [0.05, 0.1) is 17.7 Å². The van der Waals surface area contributed by atoms with E-state index in [-0.39, 0.29) is 4.90 Å². The zero-order valence-corrected chi connectivity index (χ0v) is 14.4. The van der Waals surface area contributed by atoms with Crippen molar-refractivity contribution in [2.75, 3.05) is 17.7 Å². The van der Waals surface area contributed by atoms with Crippen LogP contribution in [0.1, 0.15) is 0 Å². The molecule has 0 aliphatic heterocycles. The molecule has 0 heterocycles. The second kappa shape index (κ2) is 7.14. The molecule has 0 aromatic heterocycles. The molecule has 2 aromatic rings. The van der Waals surface area contributed by atoms with Gasteiger partial charge < -0.3 is 15.4 Å². The van der Waals surface area contributed by atoms with Crippen LogP contribution in [0.2, 0.25) is 5.02 Å². The topological polar surface area (TPSA) is 93.4 Å². The molecule has 4 N–H and O–H groups in total. The van der Waals surface area contributed by atoms with Gasteiger partial charge in [0.2, 0.25) is 10.0 Å². The number of halogens is 1. The lowest BCUT2D eigenvalue weighted by Crippen LogP contribution is -2.19. The molecule has 0 spiro atoms. The Morgan fingerprint density at radius 2 is 1.83 bits per heavy atom. The molecule has 0 unspecified atom stereocenters. The van der Waals surface area contributed by atoms with Gasteiger partial charge in [-0.05, 0) is 54.7 Å². The highest BCUT2D eigenvalue weighted by molar-refractivity contribution is 7.89. The van der Waals surface area contributed by atoms with E-state index >= 15 is 0 Å². The fourth-order valence-electron chi connectivity index (χ4n) is 1.79. The van der Waals surface area contributed by atoms with Gasteiger partial charge in [0, 0.05) is 10.7 Å². The van der Waals surface area contributed by atoms with E-state index in [2.05, 4.69) is 10.6 Å². The summed E-state index contributed by atoms with van der Waals surface area (Å²) in [6.45, 7) is 0. The van der Waals surface area contributed by atoms with Crippen molar-refractivity contribution >= 4 is 50.3 Å². The molecule has 2 aromatic carbocycles. The van der Waals surface area contributed by atoms with Gasteiger partial charge in [-0.15, -0.1) is 0 Å². The second-order valence-corrected chi connectivity index (χ2v) is 6.90. The predicted octanol–water partition coefficient (Wildman–Crippen LogP) is 2.80. The maximum absolute atomic E-state index is 11.2. The average molecular weight is 372 g/mol. The van der Waals surface area contributed by atoms with E-state index in [9.17, 15) is 8.42 Å². The zero-order valence-electron chi connectivity index (χ0n) is 12.0. The molecule has 2 rings (SSSR count). The Morgan fingerprint density at radius 3 is 2.39 bits per heavy atom. The quantitative estimate of drug-likeness (QED) is 0.715. The first-order valence-electron chi connectivity index (χ1n) is 6.34. The zero-order chi connectivity index (χ0) is 17.0. The van der Waals surface area contributed by atoms with Crippen LogP contribution in [0.5, 0.6) is 5.75 Å². The number of sulfonamides is 1. The summed E-state index contributed by atoms with van der Waals surface area (Å²) in [5, 5.41) is 11.8. The van der Waals surface area contributed by atoms with Gasteiger partial charge in [0.15, 0.2) is 5.11 Å². The molecule has 0 aliphatic carbocycles. The first kappa shape index (κ1) is 17.5. The number of benzene rings is 2. The van der Waals surface area contributed by atoms with Crippen LogP contribution in [0.15, 0.2) is 47.4 Å². The van der Waals surface area contributed by atoms with Crippen LogP contribution in [0.25, 0.3) is 0 Å². The number of nitrogens with two attached hydrogens (primary N) is 1. The van der Waals surface area contributed by atoms with E-state index in [1.165, 1.54) is 19.2 Å². The Morgan fingerprint density at radius 1 is 1.17 bits per heavy atom. The molecular weight excluding hydrogens is 358 g/mol. The van der Waals surface area contributed by atoms with E-state index < -0.39 is 10.0 Å². The monoisotopic (exact) mass is 371 g/mol.